The van der Waals surface area contributed by atoms with E-state index in [-0.39, 0.29) is 24.8 Å². The maximum absolute atomic E-state index is 12.3. The van der Waals surface area contributed by atoms with Gasteiger partial charge in [0.25, 0.3) is 5.91 Å². The molecule has 0 aliphatic rings. The largest absolute Gasteiger partial charge is 0.395 e. The van der Waals surface area contributed by atoms with Gasteiger partial charge in [-0.25, -0.2) is 0 Å². The van der Waals surface area contributed by atoms with E-state index < -0.39 is 0 Å². The zero-order valence-corrected chi connectivity index (χ0v) is 13.4. The molecule has 0 aliphatic heterocycles. The molecule has 0 saturated carbocycles. The summed E-state index contributed by atoms with van der Waals surface area (Å²) in [5.74, 6) is 0.493. The smallest absolute Gasteiger partial charge is 0.274 e. The van der Waals surface area contributed by atoms with Gasteiger partial charge in [0, 0.05) is 35.0 Å². The molecule has 7 heteroatoms. The molecule has 1 amide bonds. The minimum absolute atomic E-state index is 0.0857. The van der Waals surface area contributed by atoms with Crippen LogP contribution in [-0.2, 0) is 0 Å². The highest BCUT2D eigenvalue weighted by atomic mass is 35.5. The molecule has 1 aromatic heterocycles. The molecular formula is C15H16ClN3O2S. The van der Waals surface area contributed by atoms with Crippen LogP contribution in [0, 0.1) is 0 Å². The van der Waals surface area contributed by atoms with E-state index in [4.69, 9.17) is 16.7 Å². The number of nitrogens with zero attached hydrogens (tertiary/aromatic N) is 3. The van der Waals surface area contributed by atoms with Gasteiger partial charge >= 0.3 is 0 Å². The van der Waals surface area contributed by atoms with Crippen molar-refractivity contribution in [2.24, 2.45) is 0 Å². The number of aliphatic hydroxyl groups is 1. The fourth-order valence-electron chi connectivity index (χ4n) is 1.82. The lowest BCUT2D eigenvalue weighted by atomic mass is 10.3. The minimum Gasteiger partial charge on any atom is -0.395 e. The molecule has 0 unspecified atom stereocenters. The van der Waals surface area contributed by atoms with Crippen LogP contribution in [0.5, 0.6) is 0 Å². The zero-order valence-electron chi connectivity index (χ0n) is 11.9. The number of hydrogen-bond donors (Lipinski definition) is 1. The minimum atomic E-state index is -0.223. The molecule has 116 valence electrons. The lowest BCUT2D eigenvalue weighted by Gasteiger charge is -2.20. The van der Waals surface area contributed by atoms with Crippen LogP contribution in [0.2, 0.25) is 5.02 Å². The monoisotopic (exact) mass is 337 g/mol. The third-order valence-corrected chi connectivity index (χ3v) is 4.14. The highest BCUT2D eigenvalue weighted by Gasteiger charge is 2.16. The number of aromatic nitrogens is 2. The summed E-state index contributed by atoms with van der Waals surface area (Å²) in [7, 11) is 0. The molecule has 2 aromatic rings. The normalized spacial score (nSPS) is 10.5. The first-order valence-electron chi connectivity index (χ1n) is 6.77. The van der Waals surface area contributed by atoms with Crippen LogP contribution in [0.15, 0.2) is 47.5 Å². The maximum atomic E-state index is 12.3. The Balaban J connectivity index is 1.91. The fraction of sp³-hybridized carbons (Fsp3) is 0.267. The van der Waals surface area contributed by atoms with Gasteiger partial charge in [0.15, 0.2) is 5.69 Å². The Kier molecular flexibility index (Phi) is 6.64. The Morgan fingerprint density at radius 1 is 1.23 bits per heavy atom. The number of rotatable bonds is 7. The number of hydrogen-bond acceptors (Lipinski definition) is 5. The number of amides is 1. The fourth-order valence-corrected chi connectivity index (χ4v) is 2.82. The van der Waals surface area contributed by atoms with Crippen molar-refractivity contribution >= 4 is 29.3 Å². The Morgan fingerprint density at radius 2 is 2.00 bits per heavy atom. The Hall–Kier alpha value is -1.63. The van der Waals surface area contributed by atoms with E-state index in [0.29, 0.717) is 17.3 Å². The van der Waals surface area contributed by atoms with Crippen LogP contribution in [0.1, 0.15) is 10.5 Å². The third kappa shape index (κ3) is 4.98. The van der Waals surface area contributed by atoms with Crippen molar-refractivity contribution in [3.05, 3.63) is 53.3 Å². The molecule has 0 saturated heterocycles. The van der Waals surface area contributed by atoms with E-state index in [0.717, 1.165) is 4.90 Å². The van der Waals surface area contributed by atoms with Crippen LogP contribution in [0.3, 0.4) is 0 Å². The first-order chi connectivity index (χ1) is 10.7. The van der Waals surface area contributed by atoms with E-state index >= 15 is 0 Å². The van der Waals surface area contributed by atoms with Gasteiger partial charge in [-0.3, -0.25) is 4.79 Å². The average Bonchev–Trinajstić information content (AvgIpc) is 2.56. The van der Waals surface area contributed by atoms with E-state index in [2.05, 4.69) is 10.2 Å². The molecule has 0 atom stereocenters. The number of halogens is 1. The van der Waals surface area contributed by atoms with Crippen molar-refractivity contribution in [2.75, 3.05) is 25.4 Å². The average molecular weight is 338 g/mol. The molecule has 22 heavy (non-hydrogen) atoms. The molecule has 0 radical (unpaired) electrons. The summed E-state index contributed by atoms with van der Waals surface area (Å²) in [5, 5.41) is 17.3. The van der Waals surface area contributed by atoms with Gasteiger partial charge < -0.3 is 10.0 Å². The number of carbonyl (C=O) groups excluding carboxylic acids is 1. The molecule has 5 nitrogen and oxygen atoms in total. The SMILES string of the molecule is O=C(c1cccnn1)N(CCO)CCSc1ccc(Cl)cc1. The summed E-state index contributed by atoms with van der Waals surface area (Å²) in [6, 6.07) is 10.8. The van der Waals surface area contributed by atoms with Gasteiger partial charge in [-0.05, 0) is 36.4 Å². The molecule has 1 aromatic carbocycles. The second-order valence-electron chi connectivity index (χ2n) is 4.43. The van der Waals surface area contributed by atoms with Crippen molar-refractivity contribution < 1.29 is 9.90 Å². The van der Waals surface area contributed by atoms with Crippen molar-refractivity contribution in [2.45, 2.75) is 4.90 Å². The molecule has 1 N–H and O–H groups in total. The van der Waals surface area contributed by atoms with Crippen LogP contribution in [0.4, 0.5) is 0 Å². The molecule has 0 fully saturated rings. The van der Waals surface area contributed by atoms with Gasteiger partial charge in [-0.15, -0.1) is 16.9 Å². The van der Waals surface area contributed by atoms with E-state index in [1.165, 1.54) is 6.20 Å². The molecule has 2 rings (SSSR count). The summed E-state index contributed by atoms with van der Waals surface area (Å²) in [6.45, 7) is 0.706. The zero-order chi connectivity index (χ0) is 15.8. The lowest BCUT2D eigenvalue weighted by Crippen LogP contribution is -2.36. The van der Waals surface area contributed by atoms with Crippen LogP contribution in [0.25, 0.3) is 0 Å². The first kappa shape index (κ1) is 16.7. The molecule has 0 bridgehead atoms. The number of benzene rings is 1. The Labute approximate surface area is 138 Å². The molecule has 1 heterocycles. The first-order valence-corrected chi connectivity index (χ1v) is 8.13. The number of aliphatic hydroxyl groups excluding tert-OH is 1. The van der Waals surface area contributed by atoms with E-state index in [1.54, 1.807) is 28.8 Å². The summed E-state index contributed by atoms with van der Waals surface area (Å²) < 4.78 is 0. The Morgan fingerprint density at radius 3 is 2.64 bits per heavy atom. The van der Waals surface area contributed by atoms with E-state index in [1.807, 2.05) is 24.3 Å². The molecule has 0 aliphatic carbocycles. The highest BCUT2D eigenvalue weighted by molar-refractivity contribution is 7.99. The lowest BCUT2D eigenvalue weighted by molar-refractivity contribution is 0.0726. The Bertz CT molecular complexity index is 595. The molecule has 0 spiro atoms. The van der Waals surface area contributed by atoms with Crippen molar-refractivity contribution in [3.63, 3.8) is 0 Å². The van der Waals surface area contributed by atoms with Gasteiger partial charge in [0.05, 0.1) is 6.61 Å². The van der Waals surface area contributed by atoms with Gasteiger partial charge in [0.2, 0.25) is 0 Å². The van der Waals surface area contributed by atoms with Crippen LogP contribution < -0.4 is 0 Å². The predicted molar refractivity (Wildman–Crippen MR) is 87.2 cm³/mol. The third-order valence-electron chi connectivity index (χ3n) is 2.89. The van der Waals surface area contributed by atoms with Crippen molar-refractivity contribution in [1.29, 1.82) is 0 Å². The standard InChI is InChI=1S/C15H16ClN3O2S/c16-12-3-5-13(6-4-12)22-11-9-19(8-10-20)15(21)14-2-1-7-17-18-14/h1-7,20H,8-11H2. The van der Waals surface area contributed by atoms with Gasteiger partial charge in [-0.2, -0.15) is 5.10 Å². The van der Waals surface area contributed by atoms with Crippen LogP contribution in [-0.4, -0.2) is 51.6 Å². The second-order valence-corrected chi connectivity index (χ2v) is 6.03. The van der Waals surface area contributed by atoms with Gasteiger partial charge in [-0.1, -0.05) is 11.6 Å². The summed E-state index contributed by atoms with van der Waals surface area (Å²) >= 11 is 7.47. The van der Waals surface area contributed by atoms with E-state index in [9.17, 15) is 4.79 Å². The summed E-state index contributed by atoms with van der Waals surface area (Å²) in [6.07, 6.45) is 1.52. The van der Waals surface area contributed by atoms with Gasteiger partial charge in [0.1, 0.15) is 0 Å². The topological polar surface area (TPSA) is 66.3 Å². The highest BCUT2D eigenvalue weighted by Crippen LogP contribution is 2.20. The molecular weight excluding hydrogens is 322 g/mol. The quantitative estimate of drug-likeness (QED) is 0.786. The summed E-state index contributed by atoms with van der Waals surface area (Å²) in [5.41, 5.74) is 0.285. The van der Waals surface area contributed by atoms with Crippen molar-refractivity contribution in [1.82, 2.24) is 15.1 Å². The summed E-state index contributed by atoms with van der Waals surface area (Å²) in [4.78, 5) is 15.0. The predicted octanol–water partition coefficient (Wildman–Crippen LogP) is 2.36. The van der Waals surface area contributed by atoms with Crippen molar-refractivity contribution in [3.8, 4) is 0 Å². The second kappa shape index (κ2) is 8.73. The maximum Gasteiger partial charge on any atom is 0.274 e. The number of thioether (sulfide) groups is 1. The van der Waals surface area contributed by atoms with Crippen LogP contribution >= 0.6 is 23.4 Å². The number of carbonyl (C=O) groups is 1.